The van der Waals surface area contributed by atoms with Crippen molar-refractivity contribution in [3.63, 3.8) is 0 Å². The molecule has 4 heteroatoms. The molecule has 0 saturated carbocycles. The zero-order chi connectivity index (χ0) is 9.23. The molecule has 3 nitrogen and oxygen atoms in total. The summed E-state index contributed by atoms with van der Waals surface area (Å²) < 4.78 is 0. The van der Waals surface area contributed by atoms with Gasteiger partial charge in [0.2, 0.25) is 0 Å². The van der Waals surface area contributed by atoms with Crippen LogP contribution >= 0.6 is 8.38 Å². The van der Waals surface area contributed by atoms with Gasteiger partial charge in [0.15, 0.2) is 8.38 Å². The predicted molar refractivity (Wildman–Crippen MR) is 57.8 cm³/mol. The SMILES string of the molecule is CCCCCCCCCP(O)O.O. The van der Waals surface area contributed by atoms with E-state index < -0.39 is 8.38 Å². The van der Waals surface area contributed by atoms with Gasteiger partial charge in [-0.25, -0.2) is 0 Å². The third kappa shape index (κ3) is 15.1. The van der Waals surface area contributed by atoms with Crippen LogP contribution in [0.4, 0.5) is 0 Å². The highest BCUT2D eigenvalue weighted by molar-refractivity contribution is 7.45. The Balaban J connectivity index is 0. The molecule has 0 aliphatic carbocycles. The first-order chi connectivity index (χ1) is 5.77. The number of unbranched alkanes of at least 4 members (excludes halogenated alkanes) is 6. The Labute approximate surface area is 82.4 Å². The fraction of sp³-hybridized carbons (Fsp3) is 1.00. The van der Waals surface area contributed by atoms with Gasteiger partial charge in [0.05, 0.1) is 0 Å². The van der Waals surface area contributed by atoms with Gasteiger partial charge in [-0.3, -0.25) is 0 Å². The van der Waals surface area contributed by atoms with Crippen molar-refractivity contribution in [2.75, 3.05) is 6.16 Å². The van der Waals surface area contributed by atoms with Gasteiger partial charge < -0.3 is 15.3 Å². The molecule has 0 aromatic heterocycles. The monoisotopic (exact) mass is 210 g/mol. The predicted octanol–water partition coefficient (Wildman–Crippen LogP) is 2.21. The first-order valence-electron chi connectivity index (χ1n) is 4.92. The lowest BCUT2D eigenvalue weighted by atomic mass is 10.1. The van der Waals surface area contributed by atoms with Crippen molar-refractivity contribution in [2.45, 2.75) is 51.9 Å². The van der Waals surface area contributed by atoms with E-state index in [0.29, 0.717) is 6.16 Å². The molecule has 0 unspecified atom stereocenters. The summed E-state index contributed by atoms with van der Waals surface area (Å²) >= 11 is 0. The zero-order valence-corrected chi connectivity index (χ0v) is 9.39. The van der Waals surface area contributed by atoms with E-state index in [2.05, 4.69) is 6.92 Å². The van der Waals surface area contributed by atoms with Gasteiger partial charge in [-0.2, -0.15) is 0 Å². The van der Waals surface area contributed by atoms with Crippen LogP contribution in [0, 0.1) is 0 Å². The quantitative estimate of drug-likeness (QED) is 0.476. The number of rotatable bonds is 8. The topological polar surface area (TPSA) is 72.0 Å². The van der Waals surface area contributed by atoms with Crippen LogP contribution in [0.1, 0.15) is 51.9 Å². The van der Waals surface area contributed by atoms with E-state index in [4.69, 9.17) is 9.79 Å². The Hall–Kier alpha value is 0.310. The minimum Gasteiger partial charge on any atom is -0.412 e. The Kier molecular flexibility index (Phi) is 14.9. The van der Waals surface area contributed by atoms with E-state index in [0.717, 1.165) is 12.8 Å². The summed E-state index contributed by atoms with van der Waals surface area (Å²) in [4.78, 5) is 17.2. The van der Waals surface area contributed by atoms with Gasteiger partial charge in [0, 0.05) is 6.16 Å². The summed E-state index contributed by atoms with van der Waals surface area (Å²) in [5.41, 5.74) is 0. The first kappa shape index (κ1) is 15.8. The highest BCUT2D eigenvalue weighted by Crippen LogP contribution is 2.24. The molecule has 0 aliphatic rings. The molecule has 0 aromatic rings. The Morgan fingerprint density at radius 3 is 1.77 bits per heavy atom. The standard InChI is InChI=1S/C9H21O2P.H2O/c1-2-3-4-5-6-7-8-9-12(10)11;/h10-11H,2-9H2,1H3;1H2. The summed E-state index contributed by atoms with van der Waals surface area (Å²) in [6, 6.07) is 0. The molecule has 0 rings (SSSR count). The van der Waals surface area contributed by atoms with Crippen LogP contribution in [0.5, 0.6) is 0 Å². The van der Waals surface area contributed by atoms with Crippen molar-refractivity contribution in [1.29, 1.82) is 0 Å². The van der Waals surface area contributed by atoms with E-state index in [1.807, 2.05) is 0 Å². The van der Waals surface area contributed by atoms with E-state index >= 15 is 0 Å². The van der Waals surface area contributed by atoms with E-state index in [1.165, 1.54) is 32.1 Å². The molecule has 0 bridgehead atoms. The second-order valence-corrected chi connectivity index (χ2v) is 4.41. The lowest BCUT2D eigenvalue weighted by molar-refractivity contribution is 0.477. The second kappa shape index (κ2) is 12.3. The zero-order valence-electron chi connectivity index (χ0n) is 8.50. The molecule has 0 fully saturated rings. The third-order valence-corrected chi connectivity index (χ3v) is 2.68. The molecule has 0 saturated heterocycles. The Morgan fingerprint density at radius 2 is 1.31 bits per heavy atom. The van der Waals surface area contributed by atoms with Crippen LogP contribution < -0.4 is 0 Å². The summed E-state index contributed by atoms with van der Waals surface area (Å²) in [6.07, 6.45) is 9.26. The molecule has 0 atom stereocenters. The first-order valence-corrected chi connectivity index (χ1v) is 6.36. The smallest absolute Gasteiger partial charge is 0.164 e. The van der Waals surface area contributed by atoms with Crippen molar-refractivity contribution in [2.24, 2.45) is 0 Å². The average Bonchev–Trinajstić information content (AvgIpc) is 2.02. The maximum atomic E-state index is 8.61. The maximum absolute atomic E-state index is 8.61. The van der Waals surface area contributed by atoms with Crippen molar-refractivity contribution >= 4 is 8.38 Å². The van der Waals surface area contributed by atoms with Gasteiger partial charge >= 0.3 is 0 Å². The van der Waals surface area contributed by atoms with Gasteiger partial charge in [0.1, 0.15) is 0 Å². The average molecular weight is 210 g/mol. The third-order valence-electron chi connectivity index (χ3n) is 1.96. The van der Waals surface area contributed by atoms with Crippen molar-refractivity contribution in [3.8, 4) is 0 Å². The molecule has 4 N–H and O–H groups in total. The lowest BCUT2D eigenvalue weighted by Gasteiger charge is -2.01. The van der Waals surface area contributed by atoms with Crippen molar-refractivity contribution in [3.05, 3.63) is 0 Å². The van der Waals surface area contributed by atoms with Gasteiger partial charge in [-0.1, -0.05) is 45.4 Å². The fourth-order valence-corrected chi connectivity index (χ4v) is 1.72. The van der Waals surface area contributed by atoms with Gasteiger partial charge in [0.25, 0.3) is 0 Å². The minimum atomic E-state index is -1.63. The molecule has 82 valence electrons. The fourth-order valence-electron chi connectivity index (χ4n) is 1.21. The van der Waals surface area contributed by atoms with Gasteiger partial charge in [-0.15, -0.1) is 0 Å². The minimum absolute atomic E-state index is 0. The highest BCUT2D eigenvalue weighted by atomic mass is 31.2. The molecular weight excluding hydrogens is 187 g/mol. The normalized spacial score (nSPS) is 10.2. The van der Waals surface area contributed by atoms with Crippen LogP contribution in [0.2, 0.25) is 0 Å². The molecule has 0 spiro atoms. The van der Waals surface area contributed by atoms with E-state index in [-0.39, 0.29) is 5.48 Å². The Bertz CT molecular complexity index is 88.9. The van der Waals surface area contributed by atoms with Crippen LogP contribution in [-0.2, 0) is 0 Å². The molecule has 0 amide bonds. The second-order valence-electron chi connectivity index (χ2n) is 3.22. The molecule has 13 heavy (non-hydrogen) atoms. The van der Waals surface area contributed by atoms with Gasteiger partial charge in [-0.05, 0) is 6.42 Å². The molecule has 0 aromatic carbocycles. The Morgan fingerprint density at radius 1 is 0.846 bits per heavy atom. The summed E-state index contributed by atoms with van der Waals surface area (Å²) in [5, 5.41) is 0. The molecular formula is C9H23O3P. The van der Waals surface area contributed by atoms with Crippen LogP contribution in [0.25, 0.3) is 0 Å². The summed E-state index contributed by atoms with van der Waals surface area (Å²) in [6.45, 7) is 2.21. The molecule has 0 aliphatic heterocycles. The van der Waals surface area contributed by atoms with Crippen LogP contribution in [0.15, 0.2) is 0 Å². The van der Waals surface area contributed by atoms with Crippen molar-refractivity contribution in [1.82, 2.24) is 0 Å². The number of hydrogen-bond donors (Lipinski definition) is 2. The van der Waals surface area contributed by atoms with E-state index in [9.17, 15) is 0 Å². The van der Waals surface area contributed by atoms with Crippen LogP contribution in [-0.4, -0.2) is 21.4 Å². The summed E-state index contributed by atoms with van der Waals surface area (Å²) in [5.74, 6) is 0. The summed E-state index contributed by atoms with van der Waals surface area (Å²) in [7, 11) is -1.63. The molecule has 0 radical (unpaired) electrons. The van der Waals surface area contributed by atoms with E-state index in [1.54, 1.807) is 0 Å². The maximum Gasteiger partial charge on any atom is 0.164 e. The number of hydrogen-bond acceptors (Lipinski definition) is 2. The van der Waals surface area contributed by atoms with Crippen LogP contribution in [0.3, 0.4) is 0 Å². The van der Waals surface area contributed by atoms with Crippen molar-refractivity contribution < 1.29 is 15.3 Å². The largest absolute Gasteiger partial charge is 0.412 e. The lowest BCUT2D eigenvalue weighted by Crippen LogP contribution is -1.84. The molecule has 0 heterocycles. The highest BCUT2D eigenvalue weighted by Gasteiger charge is 1.97.